The van der Waals surface area contributed by atoms with Crippen molar-refractivity contribution in [3.05, 3.63) is 71.8 Å². The monoisotopic (exact) mass is 416 g/mol. The molecule has 0 unspecified atom stereocenters. The van der Waals surface area contributed by atoms with Gasteiger partial charge in [-0.3, -0.25) is 14.9 Å². The summed E-state index contributed by atoms with van der Waals surface area (Å²) >= 11 is 0. The van der Waals surface area contributed by atoms with E-state index < -0.39 is 17.6 Å². The first-order valence-corrected chi connectivity index (χ1v) is 9.05. The lowest BCUT2D eigenvalue weighted by molar-refractivity contribution is -0.137. The minimum atomic E-state index is -4.55. The number of carbonyl (C=O) groups excluding carboxylic acids is 2. The van der Waals surface area contributed by atoms with Gasteiger partial charge in [0.15, 0.2) is 0 Å². The Morgan fingerprint density at radius 3 is 2.67 bits per heavy atom. The van der Waals surface area contributed by atoms with E-state index in [2.05, 4.69) is 22.2 Å². The van der Waals surface area contributed by atoms with E-state index >= 15 is 0 Å². The summed E-state index contributed by atoms with van der Waals surface area (Å²) in [6.07, 6.45) is -3.41. The molecule has 3 rings (SSSR count). The standard InChI is InChI=1S/C21H19F3N4O2/c1-3-18(29)25-9-10-28-17-8-7-13(2)11-16(17)26-20(28)27-19(30)14-5-4-6-15(12-14)21(22,23)24/h3-8,11-12H,1,9-10H2,2H3,(H,25,29)(H,26,27,30). The van der Waals surface area contributed by atoms with E-state index in [0.29, 0.717) is 11.0 Å². The fourth-order valence-corrected chi connectivity index (χ4v) is 2.94. The van der Waals surface area contributed by atoms with Crippen LogP contribution in [0.15, 0.2) is 55.1 Å². The molecule has 3 aromatic rings. The van der Waals surface area contributed by atoms with Gasteiger partial charge < -0.3 is 9.88 Å². The normalized spacial score (nSPS) is 11.3. The van der Waals surface area contributed by atoms with Gasteiger partial charge in [0.25, 0.3) is 5.91 Å². The molecule has 2 amide bonds. The number of nitrogens with zero attached hydrogens (tertiary/aromatic N) is 2. The summed E-state index contributed by atoms with van der Waals surface area (Å²) in [5.74, 6) is -0.889. The molecular weight excluding hydrogens is 397 g/mol. The molecule has 30 heavy (non-hydrogen) atoms. The molecule has 0 spiro atoms. The van der Waals surface area contributed by atoms with Gasteiger partial charge in [-0.1, -0.05) is 18.7 Å². The molecule has 0 bridgehead atoms. The molecule has 156 valence electrons. The van der Waals surface area contributed by atoms with E-state index in [1.54, 1.807) is 4.57 Å². The van der Waals surface area contributed by atoms with Crippen LogP contribution in [0, 0.1) is 6.92 Å². The molecular formula is C21H19F3N4O2. The third kappa shape index (κ3) is 4.68. The van der Waals surface area contributed by atoms with Gasteiger partial charge in [-0.15, -0.1) is 0 Å². The van der Waals surface area contributed by atoms with Crippen molar-refractivity contribution in [3.63, 3.8) is 0 Å². The number of anilines is 1. The molecule has 6 nitrogen and oxygen atoms in total. The Morgan fingerprint density at radius 1 is 1.20 bits per heavy atom. The van der Waals surface area contributed by atoms with Crippen molar-refractivity contribution in [2.24, 2.45) is 0 Å². The van der Waals surface area contributed by atoms with Crippen LogP contribution >= 0.6 is 0 Å². The second-order valence-electron chi connectivity index (χ2n) is 6.61. The van der Waals surface area contributed by atoms with E-state index in [1.165, 1.54) is 12.1 Å². The second-order valence-corrected chi connectivity index (χ2v) is 6.61. The maximum atomic E-state index is 12.9. The van der Waals surface area contributed by atoms with Gasteiger partial charge >= 0.3 is 6.18 Å². The average Bonchev–Trinajstić information content (AvgIpc) is 3.03. The largest absolute Gasteiger partial charge is 0.416 e. The number of amides is 2. The van der Waals surface area contributed by atoms with Gasteiger partial charge in [0.2, 0.25) is 11.9 Å². The van der Waals surface area contributed by atoms with Crippen LogP contribution < -0.4 is 10.6 Å². The smallest absolute Gasteiger partial charge is 0.351 e. The minimum Gasteiger partial charge on any atom is -0.351 e. The zero-order valence-electron chi connectivity index (χ0n) is 16.1. The molecule has 0 aliphatic carbocycles. The third-order valence-electron chi connectivity index (χ3n) is 4.40. The van der Waals surface area contributed by atoms with Gasteiger partial charge in [0, 0.05) is 18.7 Å². The summed E-state index contributed by atoms with van der Waals surface area (Å²) in [4.78, 5) is 28.4. The molecule has 0 aliphatic rings. The van der Waals surface area contributed by atoms with Crippen LogP contribution in [0.4, 0.5) is 19.1 Å². The number of hydrogen-bond donors (Lipinski definition) is 2. The van der Waals surface area contributed by atoms with E-state index in [9.17, 15) is 22.8 Å². The molecule has 2 aromatic carbocycles. The Balaban J connectivity index is 1.90. The molecule has 0 saturated carbocycles. The topological polar surface area (TPSA) is 76.0 Å². The van der Waals surface area contributed by atoms with Gasteiger partial charge in [0.1, 0.15) is 0 Å². The predicted molar refractivity (Wildman–Crippen MR) is 107 cm³/mol. The molecule has 1 heterocycles. The highest BCUT2D eigenvalue weighted by Gasteiger charge is 2.31. The zero-order valence-corrected chi connectivity index (χ0v) is 16.1. The number of carbonyl (C=O) groups is 2. The fourth-order valence-electron chi connectivity index (χ4n) is 2.94. The summed E-state index contributed by atoms with van der Waals surface area (Å²) in [5, 5.41) is 5.22. The quantitative estimate of drug-likeness (QED) is 0.598. The molecule has 0 fully saturated rings. The summed E-state index contributed by atoms with van der Waals surface area (Å²) in [6, 6.07) is 9.69. The van der Waals surface area contributed by atoms with Crippen LogP contribution in [0.1, 0.15) is 21.5 Å². The number of aryl methyl sites for hydroxylation is 1. The predicted octanol–water partition coefficient (Wildman–Crippen LogP) is 3.92. The highest BCUT2D eigenvalue weighted by atomic mass is 19.4. The van der Waals surface area contributed by atoms with E-state index in [-0.39, 0.29) is 30.5 Å². The lowest BCUT2D eigenvalue weighted by atomic mass is 10.1. The molecule has 2 N–H and O–H groups in total. The van der Waals surface area contributed by atoms with Crippen molar-refractivity contribution < 1.29 is 22.8 Å². The van der Waals surface area contributed by atoms with Crippen molar-refractivity contribution in [1.29, 1.82) is 0 Å². The third-order valence-corrected chi connectivity index (χ3v) is 4.40. The highest BCUT2D eigenvalue weighted by Crippen LogP contribution is 2.30. The molecule has 0 atom stereocenters. The van der Waals surface area contributed by atoms with Crippen LogP contribution in [0.2, 0.25) is 0 Å². The Bertz CT molecular complexity index is 1120. The Hall–Kier alpha value is -3.62. The number of rotatable bonds is 6. The number of imidazole rings is 1. The summed E-state index contributed by atoms with van der Waals surface area (Å²) in [5.41, 5.74) is 1.24. The van der Waals surface area contributed by atoms with Crippen LogP contribution in [-0.4, -0.2) is 27.9 Å². The maximum Gasteiger partial charge on any atom is 0.416 e. The summed E-state index contributed by atoms with van der Waals surface area (Å²) in [6.45, 7) is 5.81. The number of benzene rings is 2. The zero-order chi connectivity index (χ0) is 21.9. The van der Waals surface area contributed by atoms with Crippen molar-refractivity contribution in [2.75, 3.05) is 11.9 Å². The van der Waals surface area contributed by atoms with Crippen LogP contribution in [0.25, 0.3) is 11.0 Å². The van der Waals surface area contributed by atoms with Crippen molar-refractivity contribution >= 4 is 28.8 Å². The molecule has 0 radical (unpaired) electrons. The molecule has 9 heteroatoms. The fraction of sp³-hybridized carbons (Fsp3) is 0.190. The molecule has 1 aromatic heterocycles. The number of nitrogens with one attached hydrogen (secondary N) is 2. The average molecular weight is 416 g/mol. The number of aromatic nitrogens is 2. The van der Waals surface area contributed by atoms with E-state index in [4.69, 9.17) is 0 Å². The first kappa shape index (κ1) is 21.1. The summed E-state index contributed by atoms with van der Waals surface area (Å²) in [7, 11) is 0. The summed E-state index contributed by atoms with van der Waals surface area (Å²) < 4.78 is 40.5. The van der Waals surface area contributed by atoms with Gasteiger partial charge in [-0.05, 0) is 48.9 Å². The minimum absolute atomic E-state index is 0.139. The molecule has 0 saturated heterocycles. The van der Waals surface area contributed by atoms with Crippen LogP contribution in [0.3, 0.4) is 0 Å². The van der Waals surface area contributed by atoms with Crippen molar-refractivity contribution in [1.82, 2.24) is 14.9 Å². The Labute approximate surface area is 170 Å². The Kier molecular flexibility index (Phi) is 5.91. The van der Waals surface area contributed by atoms with Gasteiger partial charge in [-0.25, -0.2) is 4.98 Å². The Morgan fingerprint density at radius 2 is 1.97 bits per heavy atom. The van der Waals surface area contributed by atoms with E-state index in [1.807, 2.05) is 25.1 Å². The first-order chi connectivity index (χ1) is 14.2. The van der Waals surface area contributed by atoms with Crippen LogP contribution in [0.5, 0.6) is 0 Å². The highest BCUT2D eigenvalue weighted by molar-refractivity contribution is 6.04. The maximum absolute atomic E-state index is 12.9. The first-order valence-electron chi connectivity index (χ1n) is 9.05. The van der Waals surface area contributed by atoms with Gasteiger partial charge in [0.05, 0.1) is 16.6 Å². The lowest BCUT2D eigenvalue weighted by Crippen LogP contribution is -2.26. The molecule has 0 aliphatic heterocycles. The number of hydrogen-bond acceptors (Lipinski definition) is 3. The SMILES string of the molecule is C=CC(=O)NCCn1c(NC(=O)c2cccc(C(F)(F)F)c2)nc2cc(C)ccc21. The van der Waals surface area contributed by atoms with Crippen molar-refractivity contribution in [2.45, 2.75) is 19.6 Å². The number of alkyl halides is 3. The number of fused-ring (bicyclic) bond motifs is 1. The van der Waals surface area contributed by atoms with E-state index in [0.717, 1.165) is 23.8 Å². The lowest BCUT2D eigenvalue weighted by Gasteiger charge is -2.12. The second kappa shape index (κ2) is 8.40. The van der Waals surface area contributed by atoms with Crippen molar-refractivity contribution in [3.8, 4) is 0 Å². The number of halogens is 3. The van der Waals surface area contributed by atoms with Crippen LogP contribution in [-0.2, 0) is 17.5 Å². The van der Waals surface area contributed by atoms with Gasteiger partial charge in [-0.2, -0.15) is 13.2 Å².